The number of nitrogens with two attached hydrogens (primary N) is 1. The van der Waals surface area contributed by atoms with Crippen LogP contribution in [0.4, 0.5) is 0 Å². The lowest BCUT2D eigenvalue weighted by atomic mass is 10.0. The molecule has 3 nitrogen and oxygen atoms in total. The molecule has 2 rings (SSSR count). The van der Waals surface area contributed by atoms with Gasteiger partial charge in [-0.2, -0.15) is 0 Å². The van der Waals surface area contributed by atoms with Crippen LogP contribution in [0.1, 0.15) is 29.5 Å². The van der Waals surface area contributed by atoms with E-state index in [4.69, 9.17) is 22.1 Å². The van der Waals surface area contributed by atoms with E-state index in [0.717, 1.165) is 53.4 Å². The first-order chi connectivity index (χ1) is 8.47. The maximum absolute atomic E-state index is 6.28. The molecule has 0 heterocycles. The van der Waals surface area contributed by atoms with Crippen LogP contribution in [0.25, 0.3) is 0 Å². The Kier molecular flexibility index (Phi) is 3.85. The normalized spacial score (nSPS) is 16.7. The molecule has 1 fully saturated rings. The van der Waals surface area contributed by atoms with Crippen molar-refractivity contribution in [1.29, 1.82) is 0 Å². The van der Waals surface area contributed by atoms with Crippen LogP contribution < -0.4 is 15.8 Å². The topological polar surface area (TPSA) is 47.3 Å². The van der Waals surface area contributed by atoms with Crippen molar-refractivity contribution in [2.45, 2.75) is 38.8 Å². The maximum atomic E-state index is 6.28. The zero-order chi connectivity index (χ0) is 13.3. The van der Waals surface area contributed by atoms with Crippen molar-refractivity contribution in [3.05, 3.63) is 27.8 Å². The summed E-state index contributed by atoms with van der Waals surface area (Å²) in [6.45, 7) is 5.62. The van der Waals surface area contributed by atoms with Gasteiger partial charge in [0.2, 0.25) is 0 Å². The van der Waals surface area contributed by atoms with E-state index in [1.165, 1.54) is 0 Å². The Morgan fingerprint density at radius 2 is 2.11 bits per heavy atom. The van der Waals surface area contributed by atoms with E-state index < -0.39 is 0 Å². The summed E-state index contributed by atoms with van der Waals surface area (Å²) in [5.74, 6) is 0.892. The van der Waals surface area contributed by atoms with Crippen LogP contribution >= 0.6 is 11.6 Å². The van der Waals surface area contributed by atoms with Crippen LogP contribution in [-0.2, 0) is 6.54 Å². The number of rotatable bonds is 5. The number of hydrogen-bond donors (Lipinski definition) is 2. The molecular weight excluding hydrogens is 248 g/mol. The Morgan fingerprint density at radius 1 is 1.44 bits per heavy atom. The molecule has 0 radical (unpaired) electrons. The van der Waals surface area contributed by atoms with Gasteiger partial charge < -0.3 is 15.8 Å². The van der Waals surface area contributed by atoms with Crippen LogP contribution in [0.2, 0.25) is 5.02 Å². The molecule has 0 atom stereocenters. The van der Waals surface area contributed by atoms with E-state index in [1.54, 1.807) is 7.11 Å². The van der Waals surface area contributed by atoms with Gasteiger partial charge in [0.15, 0.2) is 0 Å². The van der Waals surface area contributed by atoms with Gasteiger partial charge in [-0.25, -0.2) is 0 Å². The van der Waals surface area contributed by atoms with Gasteiger partial charge in [-0.05, 0) is 43.9 Å². The zero-order valence-electron chi connectivity index (χ0n) is 11.3. The first-order valence-corrected chi connectivity index (χ1v) is 6.67. The quantitative estimate of drug-likeness (QED) is 0.863. The van der Waals surface area contributed by atoms with E-state index in [0.29, 0.717) is 0 Å². The fraction of sp³-hybridized carbons (Fsp3) is 0.571. The summed E-state index contributed by atoms with van der Waals surface area (Å²) in [7, 11) is 1.69. The standard InChI is InChI=1S/C14H21ClN2O/c1-9-6-12(18-3)11(10(2)13(9)15)7-17-8-14(16)4-5-14/h6,17H,4-5,7-8,16H2,1-3H3. The molecule has 1 saturated carbocycles. The predicted octanol–water partition coefficient (Wildman–Crippen LogP) is 2.55. The average molecular weight is 269 g/mol. The molecule has 1 aliphatic carbocycles. The predicted molar refractivity (Wildman–Crippen MR) is 75.3 cm³/mol. The van der Waals surface area contributed by atoms with Gasteiger partial charge in [-0.3, -0.25) is 0 Å². The summed E-state index contributed by atoms with van der Waals surface area (Å²) in [6.07, 6.45) is 2.23. The summed E-state index contributed by atoms with van der Waals surface area (Å²) in [4.78, 5) is 0. The third-order valence-electron chi connectivity index (χ3n) is 3.66. The Labute approximate surface area is 114 Å². The fourth-order valence-corrected chi connectivity index (χ4v) is 2.30. The van der Waals surface area contributed by atoms with Gasteiger partial charge in [-0.15, -0.1) is 0 Å². The summed E-state index contributed by atoms with van der Waals surface area (Å²) < 4.78 is 5.43. The summed E-state index contributed by atoms with van der Waals surface area (Å²) in [5.41, 5.74) is 9.33. The minimum absolute atomic E-state index is 0.0234. The number of benzene rings is 1. The third-order valence-corrected chi connectivity index (χ3v) is 4.25. The van der Waals surface area contributed by atoms with Crippen molar-refractivity contribution in [1.82, 2.24) is 5.32 Å². The largest absolute Gasteiger partial charge is 0.496 e. The minimum atomic E-state index is 0.0234. The second-order valence-corrected chi connectivity index (χ2v) is 5.66. The Morgan fingerprint density at radius 3 is 2.67 bits per heavy atom. The van der Waals surface area contributed by atoms with Gasteiger partial charge in [-0.1, -0.05) is 11.6 Å². The number of halogens is 1. The van der Waals surface area contributed by atoms with Crippen molar-refractivity contribution >= 4 is 11.6 Å². The average Bonchev–Trinajstić information content (AvgIpc) is 3.07. The molecule has 100 valence electrons. The van der Waals surface area contributed by atoms with E-state index in [9.17, 15) is 0 Å². The third kappa shape index (κ3) is 2.79. The van der Waals surface area contributed by atoms with Crippen LogP contribution in [0.5, 0.6) is 5.75 Å². The van der Waals surface area contributed by atoms with E-state index >= 15 is 0 Å². The SMILES string of the molecule is COc1cc(C)c(Cl)c(C)c1CNCC1(N)CC1. The highest BCUT2D eigenvalue weighted by Gasteiger charge is 2.37. The van der Waals surface area contributed by atoms with Gasteiger partial charge >= 0.3 is 0 Å². The molecular formula is C14H21ClN2O. The Balaban J connectivity index is 2.12. The summed E-state index contributed by atoms with van der Waals surface area (Å²) >= 11 is 6.28. The summed E-state index contributed by atoms with van der Waals surface area (Å²) in [6, 6.07) is 1.99. The van der Waals surface area contributed by atoms with Crippen LogP contribution in [0.3, 0.4) is 0 Å². The number of aryl methyl sites for hydroxylation is 1. The van der Waals surface area contributed by atoms with Crippen molar-refractivity contribution < 1.29 is 4.74 Å². The molecule has 0 aromatic heterocycles. The smallest absolute Gasteiger partial charge is 0.123 e. The monoisotopic (exact) mass is 268 g/mol. The second kappa shape index (κ2) is 5.08. The van der Waals surface area contributed by atoms with Crippen molar-refractivity contribution in [2.24, 2.45) is 5.73 Å². The van der Waals surface area contributed by atoms with E-state index in [2.05, 4.69) is 5.32 Å². The Bertz CT molecular complexity index is 456. The maximum Gasteiger partial charge on any atom is 0.123 e. The fourth-order valence-electron chi connectivity index (χ4n) is 2.14. The van der Waals surface area contributed by atoms with Crippen molar-refractivity contribution in [2.75, 3.05) is 13.7 Å². The zero-order valence-corrected chi connectivity index (χ0v) is 12.0. The van der Waals surface area contributed by atoms with Gasteiger partial charge in [0.25, 0.3) is 0 Å². The first kappa shape index (κ1) is 13.7. The molecule has 1 aromatic rings. The van der Waals surface area contributed by atoms with Crippen LogP contribution in [0, 0.1) is 13.8 Å². The van der Waals surface area contributed by atoms with E-state index in [1.807, 2.05) is 19.9 Å². The lowest BCUT2D eigenvalue weighted by Gasteiger charge is -2.17. The molecule has 0 aliphatic heterocycles. The molecule has 0 bridgehead atoms. The highest BCUT2D eigenvalue weighted by atomic mass is 35.5. The second-order valence-electron chi connectivity index (χ2n) is 5.28. The molecule has 1 aromatic carbocycles. The van der Waals surface area contributed by atoms with Crippen molar-refractivity contribution in [3.8, 4) is 5.75 Å². The number of nitrogens with one attached hydrogen (secondary N) is 1. The highest BCUT2D eigenvalue weighted by Crippen LogP contribution is 2.33. The van der Waals surface area contributed by atoms with Crippen LogP contribution in [-0.4, -0.2) is 19.2 Å². The van der Waals surface area contributed by atoms with Crippen molar-refractivity contribution in [3.63, 3.8) is 0 Å². The molecule has 4 heteroatoms. The van der Waals surface area contributed by atoms with Gasteiger partial charge in [0.05, 0.1) is 7.11 Å². The highest BCUT2D eigenvalue weighted by molar-refractivity contribution is 6.32. The van der Waals surface area contributed by atoms with E-state index in [-0.39, 0.29) is 5.54 Å². The number of methoxy groups -OCH3 is 1. The van der Waals surface area contributed by atoms with Gasteiger partial charge in [0, 0.05) is 29.2 Å². The first-order valence-electron chi connectivity index (χ1n) is 6.29. The molecule has 1 aliphatic rings. The molecule has 0 unspecified atom stereocenters. The lowest BCUT2D eigenvalue weighted by Crippen LogP contribution is -2.35. The molecule has 0 saturated heterocycles. The van der Waals surface area contributed by atoms with Gasteiger partial charge in [0.1, 0.15) is 5.75 Å². The summed E-state index contributed by atoms with van der Waals surface area (Å²) in [5, 5.41) is 4.22. The molecule has 0 spiro atoms. The lowest BCUT2D eigenvalue weighted by molar-refractivity contribution is 0.406. The number of ether oxygens (including phenoxy) is 1. The number of hydrogen-bond acceptors (Lipinski definition) is 3. The molecule has 18 heavy (non-hydrogen) atoms. The molecule has 3 N–H and O–H groups in total. The van der Waals surface area contributed by atoms with Crippen LogP contribution in [0.15, 0.2) is 6.07 Å². The molecule has 0 amide bonds. The minimum Gasteiger partial charge on any atom is -0.496 e. The Hall–Kier alpha value is -0.770.